The Kier molecular flexibility index (Phi) is 7.87. The van der Waals surface area contributed by atoms with Gasteiger partial charge in [0.1, 0.15) is 12.3 Å². The molecule has 196 valence electrons. The minimum atomic E-state index is -3.75. The van der Waals surface area contributed by atoms with E-state index < -0.39 is 44.5 Å². The Morgan fingerprint density at radius 1 is 1.23 bits per heavy atom. The molecule has 4 rings (SSSR count). The Bertz CT molecular complexity index is 964. The van der Waals surface area contributed by atoms with E-state index in [9.17, 15) is 22.8 Å². The number of fused-ring (bicyclic) bond motifs is 2. The summed E-state index contributed by atoms with van der Waals surface area (Å²) in [6.07, 6.45) is 8.20. The molecule has 0 saturated heterocycles. The maximum Gasteiger partial charge on any atom is 0.259 e. The van der Waals surface area contributed by atoms with E-state index in [4.69, 9.17) is 9.47 Å². The Labute approximate surface area is 207 Å². The van der Waals surface area contributed by atoms with Crippen molar-refractivity contribution in [1.29, 1.82) is 0 Å². The number of nitrogens with zero attached hydrogens (tertiary/aromatic N) is 1. The highest BCUT2D eigenvalue weighted by molar-refractivity contribution is 7.91. The number of ether oxygens (including phenoxy) is 2. The fourth-order valence-corrected chi connectivity index (χ4v) is 6.52. The largest absolute Gasteiger partial charge is 0.356 e. The van der Waals surface area contributed by atoms with E-state index in [0.717, 1.165) is 19.3 Å². The van der Waals surface area contributed by atoms with Gasteiger partial charge in [-0.3, -0.25) is 19.1 Å². The van der Waals surface area contributed by atoms with Crippen molar-refractivity contribution < 1.29 is 32.3 Å². The number of amides is 3. The fourth-order valence-electron chi connectivity index (χ4n) is 5.16. The maximum absolute atomic E-state index is 13.5. The van der Waals surface area contributed by atoms with Gasteiger partial charge in [0.15, 0.2) is 0 Å². The molecule has 0 spiro atoms. The Morgan fingerprint density at radius 3 is 2.69 bits per heavy atom. The van der Waals surface area contributed by atoms with Crippen LogP contribution in [0.1, 0.15) is 58.3 Å². The molecule has 3 saturated carbocycles. The minimum absolute atomic E-state index is 0.0878. The third kappa shape index (κ3) is 5.89. The van der Waals surface area contributed by atoms with E-state index in [1.54, 1.807) is 11.9 Å². The van der Waals surface area contributed by atoms with Gasteiger partial charge in [0.25, 0.3) is 5.91 Å². The van der Waals surface area contributed by atoms with Crippen LogP contribution in [-0.2, 0) is 33.9 Å². The first-order valence-corrected chi connectivity index (χ1v) is 14.2. The number of carbonyl (C=O) groups excluding carboxylic acids is 3. The zero-order chi connectivity index (χ0) is 25.2. The van der Waals surface area contributed by atoms with Gasteiger partial charge in [-0.2, -0.15) is 0 Å². The molecule has 35 heavy (non-hydrogen) atoms. The highest BCUT2D eigenvalue weighted by atomic mass is 32.2. The zero-order valence-corrected chi connectivity index (χ0v) is 21.3. The average molecular weight is 512 g/mol. The van der Waals surface area contributed by atoms with Crippen LogP contribution in [-0.4, -0.2) is 74.9 Å². The summed E-state index contributed by atoms with van der Waals surface area (Å²) in [7, 11) is -2.00. The fraction of sp³-hybridized carbons (Fsp3) is 0.792. The van der Waals surface area contributed by atoms with Crippen LogP contribution in [0.2, 0.25) is 0 Å². The minimum Gasteiger partial charge on any atom is -0.356 e. The Morgan fingerprint density at radius 2 is 1.97 bits per heavy atom. The average Bonchev–Trinajstić information content (AvgIpc) is 3.73. The number of hydrogen-bond acceptors (Lipinski definition) is 7. The molecule has 4 aliphatic rings. The number of carbonyl (C=O) groups is 3. The highest BCUT2D eigenvalue weighted by Crippen LogP contribution is 2.47. The summed E-state index contributed by atoms with van der Waals surface area (Å²) >= 11 is 0. The van der Waals surface area contributed by atoms with Gasteiger partial charge in [0.2, 0.25) is 21.8 Å². The second-order valence-electron chi connectivity index (χ2n) is 10.2. The molecule has 5 atom stereocenters. The Hall–Kier alpha value is -1.98. The quantitative estimate of drug-likeness (QED) is 0.297. The van der Waals surface area contributed by atoms with Gasteiger partial charge < -0.3 is 19.7 Å². The topological polar surface area (TPSA) is 131 Å². The van der Waals surface area contributed by atoms with Crippen molar-refractivity contribution in [3.05, 3.63) is 12.2 Å². The van der Waals surface area contributed by atoms with E-state index in [1.165, 1.54) is 0 Å². The van der Waals surface area contributed by atoms with Gasteiger partial charge in [-0.05, 0) is 58.3 Å². The van der Waals surface area contributed by atoms with Crippen LogP contribution in [0.15, 0.2) is 12.2 Å². The van der Waals surface area contributed by atoms with Crippen molar-refractivity contribution in [2.45, 2.75) is 75.2 Å². The standard InChI is InChI=1S/C24H37N3O7S/c1-3-33-15-34-17-12-19-20(13-17)22(29)27(2)11-7-5-4-6-8-16-14-24(16,25-21(19)28)23(30)26-35(31,32)18-9-10-18/h6,8,16-20H,3-5,7,9-15H2,1-2H3,(H,25,28)(H,26,30)/b8-6-/t16-,17-,19-,20-,24-/m1/s1. The third-order valence-corrected chi connectivity index (χ3v) is 9.41. The Balaban J connectivity index is 1.56. The molecule has 3 aliphatic carbocycles. The van der Waals surface area contributed by atoms with Crippen molar-refractivity contribution in [2.24, 2.45) is 17.8 Å². The lowest BCUT2D eigenvalue weighted by Crippen LogP contribution is -2.54. The summed E-state index contributed by atoms with van der Waals surface area (Å²) in [5.74, 6) is -2.74. The number of hydrogen-bond donors (Lipinski definition) is 2. The predicted octanol–water partition coefficient (Wildman–Crippen LogP) is 1.07. The lowest BCUT2D eigenvalue weighted by molar-refractivity contribution is -0.140. The van der Waals surface area contributed by atoms with Gasteiger partial charge in [-0.1, -0.05) is 12.2 Å². The summed E-state index contributed by atoms with van der Waals surface area (Å²) in [4.78, 5) is 41.7. The molecule has 0 bridgehead atoms. The van der Waals surface area contributed by atoms with E-state index in [1.807, 2.05) is 19.1 Å². The van der Waals surface area contributed by atoms with Crippen molar-refractivity contribution in [1.82, 2.24) is 14.9 Å². The summed E-state index contributed by atoms with van der Waals surface area (Å²) in [6.45, 7) is 3.05. The van der Waals surface area contributed by atoms with Gasteiger partial charge in [-0.25, -0.2) is 8.42 Å². The predicted molar refractivity (Wildman–Crippen MR) is 127 cm³/mol. The molecule has 0 aromatic rings. The van der Waals surface area contributed by atoms with Crippen LogP contribution in [0.3, 0.4) is 0 Å². The summed E-state index contributed by atoms with van der Waals surface area (Å²) in [5.41, 5.74) is -1.32. The van der Waals surface area contributed by atoms with Crippen LogP contribution in [0.5, 0.6) is 0 Å². The zero-order valence-electron chi connectivity index (χ0n) is 20.5. The van der Waals surface area contributed by atoms with Crippen LogP contribution in [0, 0.1) is 17.8 Å². The second-order valence-corrected chi connectivity index (χ2v) is 12.2. The first-order chi connectivity index (χ1) is 16.7. The van der Waals surface area contributed by atoms with Crippen LogP contribution in [0.4, 0.5) is 0 Å². The van der Waals surface area contributed by atoms with Crippen LogP contribution < -0.4 is 10.0 Å². The summed E-state index contributed by atoms with van der Waals surface area (Å²) in [6, 6.07) is 0. The van der Waals surface area contributed by atoms with E-state index in [0.29, 0.717) is 45.3 Å². The number of sulfonamides is 1. The SMILES string of the molecule is CCOCO[C@@H]1C[C@H]2C(=O)N[C@]3(C(=O)NS(=O)(=O)C4CC4)C[C@H]3/C=C\CCCCN(C)C(=O)[C@@H]2C1. The maximum atomic E-state index is 13.5. The molecule has 11 heteroatoms. The lowest BCUT2D eigenvalue weighted by Gasteiger charge is -2.26. The highest BCUT2D eigenvalue weighted by Gasteiger charge is 2.62. The monoisotopic (exact) mass is 511 g/mol. The van der Waals surface area contributed by atoms with Crippen LogP contribution >= 0.6 is 0 Å². The van der Waals surface area contributed by atoms with Crippen molar-refractivity contribution in [3.8, 4) is 0 Å². The summed E-state index contributed by atoms with van der Waals surface area (Å²) in [5, 5.41) is 2.33. The normalized spacial score (nSPS) is 34.9. The first-order valence-electron chi connectivity index (χ1n) is 12.7. The molecule has 1 aliphatic heterocycles. The molecule has 2 N–H and O–H groups in total. The van der Waals surface area contributed by atoms with Crippen molar-refractivity contribution >= 4 is 27.7 Å². The van der Waals surface area contributed by atoms with Crippen molar-refractivity contribution in [3.63, 3.8) is 0 Å². The molecule has 0 aromatic heterocycles. The lowest BCUT2D eigenvalue weighted by atomic mass is 9.93. The van der Waals surface area contributed by atoms with Gasteiger partial charge in [-0.15, -0.1) is 0 Å². The number of allylic oxidation sites excluding steroid dienone is 1. The van der Waals surface area contributed by atoms with Crippen molar-refractivity contribution in [2.75, 3.05) is 27.0 Å². The summed E-state index contributed by atoms with van der Waals surface area (Å²) < 4.78 is 38.1. The molecule has 0 aromatic carbocycles. The van der Waals surface area contributed by atoms with Gasteiger partial charge >= 0.3 is 0 Å². The number of rotatable bonds is 7. The van der Waals surface area contributed by atoms with Gasteiger partial charge in [0.05, 0.1) is 23.2 Å². The molecule has 0 unspecified atom stereocenters. The van der Waals surface area contributed by atoms with Crippen LogP contribution in [0.25, 0.3) is 0 Å². The first kappa shape index (κ1) is 26.1. The molecule has 0 radical (unpaired) electrons. The second kappa shape index (κ2) is 10.6. The van der Waals surface area contributed by atoms with E-state index in [2.05, 4.69) is 10.0 Å². The smallest absolute Gasteiger partial charge is 0.259 e. The third-order valence-electron chi connectivity index (χ3n) is 7.59. The van der Waals surface area contributed by atoms with E-state index in [-0.39, 0.29) is 24.7 Å². The molecule has 3 amide bonds. The molecular weight excluding hydrogens is 474 g/mol. The molecule has 10 nitrogen and oxygen atoms in total. The molecule has 1 heterocycles. The van der Waals surface area contributed by atoms with Gasteiger partial charge in [0, 0.05) is 26.1 Å². The molecule has 3 fully saturated rings. The molecular formula is C24H37N3O7S. The number of nitrogens with one attached hydrogen (secondary N) is 2. The van der Waals surface area contributed by atoms with E-state index >= 15 is 0 Å².